The number of hydrogen-bond donors (Lipinski definition) is 1. The molecule has 0 bridgehead atoms. The van der Waals surface area contributed by atoms with E-state index in [2.05, 4.69) is 32.8 Å². The monoisotopic (exact) mass is 347 g/mol. The molecule has 6 nitrogen and oxygen atoms in total. The molecular formula is C20H21N5O. The Labute approximate surface area is 151 Å². The quantitative estimate of drug-likeness (QED) is 0.785. The third-order valence-corrected chi connectivity index (χ3v) is 5.82. The second-order valence-corrected chi connectivity index (χ2v) is 7.51. The second kappa shape index (κ2) is 5.64. The minimum absolute atomic E-state index is 0.102. The standard InChI is InChI=1S/C20H21N5O/c21-19(26)12-24-7-5-20(13-24)6-8-25-18(20)10-17(23-25)15-9-14-3-1-2-4-16(14)22-11-15/h1-4,9-11H,5-8,12-13H2,(H2,21,26). The van der Waals surface area contributed by atoms with Gasteiger partial charge in [0.25, 0.3) is 0 Å². The van der Waals surface area contributed by atoms with Gasteiger partial charge >= 0.3 is 0 Å². The first-order chi connectivity index (χ1) is 12.6. The number of primary amides is 1. The van der Waals surface area contributed by atoms with E-state index in [4.69, 9.17) is 10.8 Å². The van der Waals surface area contributed by atoms with Crippen LogP contribution in [0.5, 0.6) is 0 Å². The number of pyridine rings is 1. The van der Waals surface area contributed by atoms with Crippen LogP contribution in [0.15, 0.2) is 42.6 Å². The fourth-order valence-electron chi connectivity index (χ4n) is 4.54. The third-order valence-electron chi connectivity index (χ3n) is 5.82. The van der Waals surface area contributed by atoms with E-state index in [0.717, 1.165) is 54.6 Å². The van der Waals surface area contributed by atoms with Crippen LogP contribution in [0.25, 0.3) is 22.2 Å². The molecule has 0 radical (unpaired) electrons. The molecule has 1 spiro atoms. The lowest BCUT2D eigenvalue weighted by atomic mass is 9.82. The molecule has 1 atom stereocenters. The molecule has 1 fully saturated rings. The van der Waals surface area contributed by atoms with Crippen LogP contribution >= 0.6 is 0 Å². The van der Waals surface area contributed by atoms with Gasteiger partial charge in [0.1, 0.15) is 0 Å². The van der Waals surface area contributed by atoms with Gasteiger partial charge in [0.15, 0.2) is 0 Å². The van der Waals surface area contributed by atoms with E-state index in [1.165, 1.54) is 5.69 Å². The zero-order valence-electron chi connectivity index (χ0n) is 14.6. The van der Waals surface area contributed by atoms with Crippen LogP contribution in [0.3, 0.4) is 0 Å². The number of carbonyl (C=O) groups excluding carboxylic acids is 1. The highest BCUT2D eigenvalue weighted by atomic mass is 16.1. The van der Waals surface area contributed by atoms with E-state index in [1.54, 1.807) is 0 Å². The number of aryl methyl sites for hydroxylation is 1. The summed E-state index contributed by atoms with van der Waals surface area (Å²) in [5.41, 5.74) is 9.79. The maximum absolute atomic E-state index is 11.3. The Balaban J connectivity index is 1.48. The molecule has 0 saturated carbocycles. The number of fused-ring (bicyclic) bond motifs is 3. The molecule has 2 aromatic heterocycles. The van der Waals surface area contributed by atoms with Crippen molar-refractivity contribution in [2.45, 2.75) is 24.8 Å². The third kappa shape index (κ3) is 2.41. The lowest BCUT2D eigenvalue weighted by Gasteiger charge is -2.22. The van der Waals surface area contributed by atoms with E-state index in [9.17, 15) is 4.79 Å². The summed E-state index contributed by atoms with van der Waals surface area (Å²) in [5.74, 6) is -0.253. The van der Waals surface area contributed by atoms with E-state index in [-0.39, 0.29) is 11.3 Å². The summed E-state index contributed by atoms with van der Waals surface area (Å²) >= 11 is 0. The van der Waals surface area contributed by atoms with Gasteiger partial charge in [-0.1, -0.05) is 18.2 Å². The van der Waals surface area contributed by atoms with Crippen molar-refractivity contribution in [1.29, 1.82) is 0 Å². The molecular weight excluding hydrogens is 326 g/mol. The fraction of sp³-hybridized carbons (Fsp3) is 0.350. The van der Waals surface area contributed by atoms with Crippen molar-refractivity contribution in [3.63, 3.8) is 0 Å². The van der Waals surface area contributed by atoms with Crippen molar-refractivity contribution >= 4 is 16.8 Å². The Morgan fingerprint density at radius 3 is 2.92 bits per heavy atom. The van der Waals surface area contributed by atoms with Gasteiger partial charge in [-0.15, -0.1) is 0 Å². The zero-order chi connectivity index (χ0) is 17.7. The maximum atomic E-state index is 11.3. The molecule has 1 aromatic carbocycles. The first kappa shape index (κ1) is 15.5. The molecule has 2 aliphatic heterocycles. The summed E-state index contributed by atoms with van der Waals surface area (Å²) in [6, 6.07) is 12.5. The Morgan fingerprint density at radius 2 is 2.04 bits per heavy atom. The molecule has 2 aliphatic rings. The lowest BCUT2D eigenvalue weighted by molar-refractivity contribution is -0.118. The predicted molar refractivity (Wildman–Crippen MR) is 99.5 cm³/mol. The summed E-state index contributed by atoms with van der Waals surface area (Å²) in [7, 11) is 0. The number of rotatable bonds is 3. The Morgan fingerprint density at radius 1 is 1.19 bits per heavy atom. The average molecular weight is 347 g/mol. The highest BCUT2D eigenvalue weighted by Crippen LogP contribution is 2.43. The first-order valence-corrected chi connectivity index (χ1v) is 9.07. The highest BCUT2D eigenvalue weighted by molar-refractivity contribution is 5.82. The number of nitrogens with two attached hydrogens (primary N) is 1. The number of para-hydroxylation sites is 1. The van der Waals surface area contributed by atoms with Crippen molar-refractivity contribution in [3.05, 3.63) is 48.3 Å². The number of aromatic nitrogens is 3. The first-order valence-electron chi connectivity index (χ1n) is 9.07. The van der Waals surface area contributed by atoms with Crippen molar-refractivity contribution in [1.82, 2.24) is 19.7 Å². The molecule has 132 valence electrons. The number of benzene rings is 1. The summed E-state index contributed by atoms with van der Waals surface area (Å²) in [4.78, 5) is 18.0. The van der Waals surface area contributed by atoms with E-state index in [1.807, 2.05) is 24.4 Å². The largest absolute Gasteiger partial charge is 0.369 e. The molecule has 5 rings (SSSR count). The highest BCUT2D eigenvalue weighted by Gasteiger charge is 2.45. The van der Waals surface area contributed by atoms with Gasteiger partial charge in [0.05, 0.1) is 17.8 Å². The summed E-state index contributed by atoms with van der Waals surface area (Å²) in [6.07, 6.45) is 4.04. The van der Waals surface area contributed by atoms with Crippen molar-refractivity contribution in [2.24, 2.45) is 5.73 Å². The molecule has 1 amide bonds. The number of nitrogens with zero attached hydrogens (tertiary/aromatic N) is 4. The molecule has 4 heterocycles. The van der Waals surface area contributed by atoms with Crippen LogP contribution in [0.1, 0.15) is 18.5 Å². The van der Waals surface area contributed by atoms with Crippen LogP contribution in [0.4, 0.5) is 0 Å². The van der Waals surface area contributed by atoms with Crippen molar-refractivity contribution in [2.75, 3.05) is 19.6 Å². The molecule has 1 saturated heterocycles. The lowest BCUT2D eigenvalue weighted by Crippen LogP contribution is -2.35. The van der Waals surface area contributed by atoms with Gasteiger partial charge in [-0.25, -0.2) is 0 Å². The van der Waals surface area contributed by atoms with Crippen LogP contribution < -0.4 is 5.73 Å². The van der Waals surface area contributed by atoms with Crippen molar-refractivity contribution < 1.29 is 4.79 Å². The second-order valence-electron chi connectivity index (χ2n) is 7.51. The molecule has 6 heteroatoms. The fourth-order valence-corrected chi connectivity index (χ4v) is 4.54. The maximum Gasteiger partial charge on any atom is 0.231 e. The van der Waals surface area contributed by atoms with Crippen LogP contribution in [-0.4, -0.2) is 45.2 Å². The van der Waals surface area contributed by atoms with Gasteiger partial charge in [-0.3, -0.25) is 19.4 Å². The Hall–Kier alpha value is -2.73. The van der Waals surface area contributed by atoms with E-state index < -0.39 is 0 Å². The Bertz CT molecular complexity index is 1010. The van der Waals surface area contributed by atoms with Gasteiger partial charge < -0.3 is 5.73 Å². The molecule has 2 N–H and O–H groups in total. The number of carbonyl (C=O) groups is 1. The van der Waals surface area contributed by atoms with Gasteiger partial charge in [0.2, 0.25) is 5.91 Å². The van der Waals surface area contributed by atoms with Crippen molar-refractivity contribution in [3.8, 4) is 11.3 Å². The molecule has 26 heavy (non-hydrogen) atoms. The van der Waals surface area contributed by atoms with Gasteiger partial charge in [0, 0.05) is 41.3 Å². The number of hydrogen-bond acceptors (Lipinski definition) is 4. The Kier molecular flexibility index (Phi) is 3.37. The summed E-state index contributed by atoms with van der Waals surface area (Å²) < 4.78 is 2.14. The smallest absolute Gasteiger partial charge is 0.231 e. The van der Waals surface area contributed by atoms with Gasteiger partial charge in [-0.05, 0) is 37.6 Å². The SMILES string of the molecule is NC(=O)CN1CCC2(CCn3nc(-c4cnc5ccccc5c4)cc32)C1. The van der Waals surface area contributed by atoms with Crippen LogP contribution in [0.2, 0.25) is 0 Å². The summed E-state index contributed by atoms with van der Waals surface area (Å²) in [5, 5.41) is 5.97. The molecule has 3 aromatic rings. The van der Waals surface area contributed by atoms with Gasteiger partial charge in [-0.2, -0.15) is 5.10 Å². The normalized spacial score (nSPS) is 22.3. The number of likely N-dealkylation sites (tertiary alicyclic amines) is 1. The molecule has 0 aliphatic carbocycles. The zero-order valence-corrected chi connectivity index (χ0v) is 14.6. The van der Waals surface area contributed by atoms with E-state index >= 15 is 0 Å². The average Bonchev–Trinajstić information content (AvgIpc) is 3.31. The van der Waals surface area contributed by atoms with Crippen LogP contribution in [-0.2, 0) is 16.8 Å². The van der Waals surface area contributed by atoms with E-state index in [0.29, 0.717) is 6.54 Å². The molecule has 1 unspecified atom stereocenters. The van der Waals surface area contributed by atoms with Crippen LogP contribution in [0, 0.1) is 0 Å². The summed E-state index contributed by atoms with van der Waals surface area (Å²) in [6.45, 7) is 3.08. The predicted octanol–water partition coefficient (Wildman–Crippen LogP) is 1.93. The topological polar surface area (TPSA) is 77.0 Å². The number of amides is 1. The minimum Gasteiger partial charge on any atom is -0.369 e. The minimum atomic E-state index is -0.253.